The number of carbonyl (C=O) groups excluding carboxylic acids is 5. The van der Waals surface area contributed by atoms with Crippen LogP contribution in [0.2, 0.25) is 0 Å². The van der Waals surface area contributed by atoms with Gasteiger partial charge >= 0.3 is 0 Å². The zero-order valence-corrected chi connectivity index (χ0v) is 33.2. The number of methoxy groups -OCH3 is 2. The minimum atomic E-state index is -0.995. The van der Waals surface area contributed by atoms with Crippen LogP contribution in [-0.4, -0.2) is 95.4 Å². The number of ether oxygens (including phenoxy) is 2. The molecule has 3 N–H and O–H groups in total. The van der Waals surface area contributed by atoms with Crippen molar-refractivity contribution in [3.8, 4) is 22.6 Å². The molecule has 6 rings (SSSR count). The predicted molar refractivity (Wildman–Crippen MR) is 215 cm³/mol. The fourth-order valence-corrected chi connectivity index (χ4v) is 7.72. The van der Waals surface area contributed by atoms with Crippen LogP contribution in [0.15, 0.2) is 53.6 Å². The van der Waals surface area contributed by atoms with Gasteiger partial charge in [0.05, 0.1) is 37.5 Å². The van der Waals surface area contributed by atoms with Gasteiger partial charge in [-0.2, -0.15) is 0 Å². The monoisotopic (exact) mass is 781 g/mol. The lowest BCUT2D eigenvalue weighted by atomic mass is 10.00. The number of nitrogens with one attached hydrogen (secondary N) is 3. The summed E-state index contributed by atoms with van der Waals surface area (Å²) in [5, 5.41) is 9.38. The molecule has 1 atom stereocenters. The lowest BCUT2D eigenvalue weighted by Gasteiger charge is -2.27. The number of hydrogen-bond donors (Lipinski definition) is 3. The van der Waals surface area contributed by atoms with Crippen LogP contribution >= 0.6 is 0 Å². The summed E-state index contributed by atoms with van der Waals surface area (Å²) in [7, 11) is 8.68. The van der Waals surface area contributed by atoms with Crippen LogP contribution in [0.3, 0.4) is 0 Å². The molecule has 2 aromatic carbocycles. The Kier molecular flexibility index (Phi) is 12.8. The van der Waals surface area contributed by atoms with E-state index >= 15 is 0 Å². The summed E-state index contributed by atoms with van der Waals surface area (Å²) < 4.78 is 15.0. The first-order valence-electron chi connectivity index (χ1n) is 19.4. The number of benzene rings is 2. The summed E-state index contributed by atoms with van der Waals surface area (Å²) >= 11 is 0. The molecule has 57 heavy (non-hydrogen) atoms. The summed E-state index contributed by atoms with van der Waals surface area (Å²) in [6.45, 7) is 1.83. The van der Waals surface area contributed by atoms with Crippen LogP contribution in [0.5, 0.6) is 11.5 Å². The molecule has 1 fully saturated rings. The molecule has 4 aromatic rings. The summed E-state index contributed by atoms with van der Waals surface area (Å²) in [6.07, 6.45) is 9.63. The minimum Gasteiger partial charge on any atom is -0.496 e. The quantitative estimate of drug-likeness (QED) is 0.0991. The van der Waals surface area contributed by atoms with Crippen LogP contribution in [0.4, 0.5) is 5.69 Å². The Morgan fingerprint density at radius 1 is 0.877 bits per heavy atom. The third-order valence-electron chi connectivity index (χ3n) is 10.7. The maximum atomic E-state index is 13.3. The van der Waals surface area contributed by atoms with Crippen LogP contribution in [0.25, 0.3) is 22.0 Å². The van der Waals surface area contributed by atoms with Gasteiger partial charge in [0.2, 0.25) is 17.7 Å². The summed E-state index contributed by atoms with van der Waals surface area (Å²) in [6, 6.07) is 9.87. The smallest absolute Gasteiger partial charge is 0.274 e. The van der Waals surface area contributed by atoms with E-state index < -0.39 is 29.7 Å². The number of carbonyl (C=O) groups is 5. The molecule has 5 amide bonds. The number of unbranched alkanes of at least 4 members (excludes halogenated alkanes) is 5. The molecule has 0 spiro atoms. The summed E-state index contributed by atoms with van der Waals surface area (Å²) in [4.78, 5) is 78.8. The Morgan fingerprint density at radius 2 is 1.56 bits per heavy atom. The van der Waals surface area contributed by atoms with Crippen molar-refractivity contribution in [2.75, 3.05) is 46.2 Å². The van der Waals surface area contributed by atoms with Gasteiger partial charge in [0.25, 0.3) is 17.4 Å². The van der Waals surface area contributed by atoms with Gasteiger partial charge in [0, 0.05) is 69.2 Å². The minimum absolute atomic E-state index is 0.0670. The van der Waals surface area contributed by atoms with Gasteiger partial charge < -0.3 is 29.2 Å². The van der Waals surface area contributed by atoms with Gasteiger partial charge in [-0.15, -0.1) is 0 Å². The maximum Gasteiger partial charge on any atom is 0.274 e. The van der Waals surface area contributed by atoms with Gasteiger partial charge in [0.1, 0.15) is 23.1 Å². The Morgan fingerprint density at radius 3 is 2.25 bits per heavy atom. The molecular weight excluding hydrogens is 731 g/mol. The first kappa shape index (κ1) is 40.7. The molecule has 2 aliphatic heterocycles. The largest absolute Gasteiger partial charge is 0.496 e. The zero-order chi connectivity index (χ0) is 40.8. The van der Waals surface area contributed by atoms with Gasteiger partial charge in [-0.1, -0.05) is 31.7 Å². The Balaban J connectivity index is 0.901. The van der Waals surface area contributed by atoms with Crippen LogP contribution in [0, 0.1) is 0 Å². The Bertz CT molecular complexity index is 2240. The number of imide groups is 2. The SMILES string of the molecule is COc1cc(-c2cn(C)c(=O)c3c2ccn3C)cc(OC)c1CN(C)CC(=O)NCCCCCCCCNc1cccc2c1C(=O)N(C1CCC(=O)NC1=O)C2=O. The number of fused-ring (bicyclic) bond motifs is 2. The standard InChI is InChI=1S/C42H51N7O8/c1-46(23-30-33(56-4)21-26(22-34(30)57-5)29-24-48(3)42(55)38-27(29)17-20-47(38)2)25-36(51)44-19-11-9-7-6-8-10-18-43-31-14-12-13-28-37(31)41(54)49(40(28)53)32-15-16-35(50)45-39(32)52/h12-14,17,20-22,24,32,43H,6-11,15-16,18-19,23,25H2,1-5H3,(H,44,51)(H,45,50,52). The van der Waals surface area contributed by atoms with Crippen molar-refractivity contribution in [2.45, 2.75) is 64.0 Å². The number of pyridine rings is 1. The van der Waals surface area contributed by atoms with Crippen molar-refractivity contribution in [1.29, 1.82) is 0 Å². The van der Waals surface area contributed by atoms with E-state index in [0.717, 1.165) is 65.5 Å². The predicted octanol–water partition coefficient (Wildman–Crippen LogP) is 3.96. The second-order valence-corrected chi connectivity index (χ2v) is 14.8. The highest BCUT2D eigenvalue weighted by atomic mass is 16.5. The third-order valence-corrected chi connectivity index (χ3v) is 10.7. The molecule has 15 nitrogen and oxygen atoms in total. The number of aryl methyl sites for hydroxylation is 2. The number of amides is 5. The van der Waals surface area contributed by atoms with E-state index in [4.69, 9.17) is 9.47 Å². The van der Waals surface area contributed by atoms with Crippen LogP contribution in [-0.2, 0) is 35.0 Å². The van der Waals surface area contributed by atoms with Crippen molar-refractivity contribution < 1.29 is 33.4 Å². The summed E-state index contributed by atoms with van der Waals surface area (Å²) in [5.74, 6) is -0.895. The first-order chi connectivity index (χ1) is 27.4. The van der Waals surface area contributed by atoms with E-state index in [1.165, 1.54) is 0 Å². The maximum absolute atomic E-state index is 13.3. The number of nitrogens with zero attached hydrogens (tertiary/aromatic N) is 4. The molecule has 1 saturated heterocycles. The van der Waals surface area contributed by atoms with Crippen molar-refractivity contribution in [1.82, 2.24) is 29.6 Å². The Labute approximate surface area is 331 Å². The number of piperidine rings is 1. The molecule has 0 aliphatic carbocycles. The second kappa shape index (κ2) is 17.9. The molecule has 2 aliphatic rings. The summed E-state index contributed by atoms with van der Waals surface area (Å²) in [5.41, 5.74) is 4.17. The lowest BCUT2D eigenvalue weighted by Crippen LogP contribution is -2.54. The first-order valence-corrected chi connectivity index (χ1v) is 19.4. The lowest BCUT2D eigenvalue weighted by molar-refractivity contribution is -0.136. The molecule has 1 unspecified atom stereocenters. The van der Waals surface area contributed by atoms with Gasteiger partial charge in [-0.25, -0.2) is 0 Å². The van der Waals surface area contributed by atoms with Crippen LogP contribution in [0.1, 0.15) is 77.6 Å². The van der Waals surface area contributed by atoms with E-state index in [0.29, 0.717) is 42.3 Å². The average molecular weight is 782 g/mol. The molecule has 0 radical (unpaired) electrons. The topological polar surface area (TPSA) is 173 Å². The molecule has 2 aromatic heterocycles. The fraction of sp³-hybridized carbons (Fsp3) is 0.429. The van der Waals surface area contributed by atoms with Crippen molar-refractivity contribution >= 4 is 46.1 Å². The van der Waals surface area contributed by atoms with Gasteiger partial charge in [0.15, 0.2) is 0 Å². The number of anilines is 1. The normalized spacial score (nSPS) is 15.3. The highest BCUT2D eigenvalue weighted by Crippen LogP contribution is 2.38. The third kappa shape index (κ3) is 8.73. The average Bonchev–Trinajstić information content (AvgIpc) is 3.70. The van der Waals surface area contributed by atoms with Gasteiger partial charge in [-0.3, -0.25) is 43.9 Å². The highest BCUT2D eigenvalue weighted by molar-refractivity contribution is 6.25. The molecule has 302 valence electrons. The van der Waals surface area contributed by atoms with E-state index in [1.807, 2.05) is 54.2 Å². The van der Waals surface area contributed by atoms with Crippen LogP contribution < -0.4 is 31.0 Å². The molecule has 15 heteroatoms. The zero-order valence-electron chi connectivity index (χ0n) is 33.2. The number of hydrogen-bond acceptors (Lipinski definition) is 10. The number of rotatable bonds is 18. The Hall–Kier alpha value is -5.96. The molecule has 0 saturated carbocycles. The molecular formula is C42H51N7O8. The van der Waals surface area contributed by atoms with Crippen molar-refractivity contribution in [3.63, 3.8) is 0 Å². The number of aromatic nitrogens is 2. The van der Waals surface area contributed by atoms with Crippen molar-refractivity contribution in [3.05, 3.63) is 75.8 Å². The van der Waals surface area contributed by atoms with Gasteiger partial charge in [-0.05, 0) is 62.2 Å². The van der Waals surface area contributed by atoms with Crippen molar-refractivity contribution in [2.24, 2.45) is 14.1 Å². The van der Waals surface area contributed by atoms with E-state index in [1.54, 1.807) is 44.0 Å². The second-order valence-electron chi connectivity index (χ2n) is 14.8. The van der Waals surface area contributed by atoms with E-state index in [2.05, 4.69) is 16.0 Å². The van der Waals surface area contributed by atoms with E-state index in [-0.39, 0.29) is 42.0 Å². The number of likely N-dealkylation sites (N-methyl/N-ethyl adjacent to an activating group) is 1. The van der Waals surface area contributed by atoms with E-state index in [9.17, 15) is 28.8 Å². The highest BCUT2D eigenvalue weighted by Gasteiger charge is 2.45. The molecule has 0 bridgehead atoms. The molecule has 4 heterocycles. The fourth-order valence-electron chi connectivity index (χ4n) is 7.72.